The van der Waals surface area contributed by atoms with E-state index in [0.29, 0.717) is 6.04 Å². The Balaban J connectivity index is 1.59. The van der Waals surface area contributed by atoms with Crippen LogP contribution in [0.5, 0.6) is 0 Å². The average Bonchev–Trinajstić information content (AvgIpc) is 3.02. The van der Waals surface area contributed by atoms with Crippen LogP contribution in [0.2, 0.25) is 0 Å². The molecule has 0 saturated carbocycles. The quantitative estimate of drug-likeness (QED) is 0.800. The maximum Gasteiger partial charge on any atom is 0.255 e. The molecule has 0 aliphatic carbocycles. The number of nitrogens with zero attached hydrogens (tertiary/aromatic N) is 3. The van der Waals surface area contributed by atoms with Gasteiger partial charge in [-0.15, -0.1) is 11.3 Å². The first-order valence-corrected chi connectivity index (χ1v) is 8.14. The smallest absolute Gasteiger partial charge is 0.255 e. The molecule has 2 aromatic rings. The number of benzene rings is 1. The van der Waals surface area contributed by atoms with Crippen molar-refractivity contribution >= 4 is 27.5 Å². The number of carbonyl (C=O) groups excluding carboxylic acids is 1. The normalized spacial score (nSPS) is 23.2. The summed E-state index contributed by atoms with van der Waals surface area (Å²) in [6, 6.07) is 6.12. The third kappa shape index (κ3) is 2.33. The molecule has 0 bridgehead atoms. The Hall–Kier alpha value is -1.50. The summed E-state index contributed by atoms with van der Waals surface area (Å²) in [4.78, 5) is 21.5. The van der Waals surface area contributed by atoms with Crippen LogP contribution < -0.4 is 0 Å². The molecule has 1 aromatic carbocycles. The molecule has 1 aromatic heterocycles. The van der Waals surface area contributed by atoms with Gasteiger partial charge in [0.15, 0.2) is 0 Å². The molecule has 1 atom stereocenters. The highest BCUT2D eigenvalue weighted by Gasteiger charge is 2.32. The van der Waals surface area contributed by atoms with Crippen molar-refractivity contribution in [3.63, 3.8) is 0 Å². The number of aromatic nitrogens is 1. The van der Waals surface area contributed by atoms with E-state index in [1.807, 2.05) is 23.1 Å². The van der Waals surface area contributed by atoms with Crippen LogP contribution in [-0.4, -0.2) is 66.1 Å². The highest BCUT2D eigenvalue weighted by Crippen LogP contribution is 2.24. The zero-order valence-corrected chi connectivity index (χ0v) is 12.5. The lowest BCUT2D eigenvalue weighted by atomic mass is 10.1. The Morgan fingerprint density at radius 2 is 2.29 bits per heavy atom. The van der Waals surface area contributed by atoms with Crippen LogP contribution in [0.3, 0.4) is 0 Å². The summed E-state index contributed by atoms with van der Waals surface area (Å²) in [5.74, 6) is 0.120. The van der Waals surface area contributed by atoms with E-state index < -0.39 is 0 Å². The molecule has 1 unspecified atom stereocenters. The first-order valence-electron chi connectivity index (χ1n) is 7.26. The Morgan fingerprint density at radius 1 is 1.33 bits per heavy atom. The maximum atomic E-state index is 12.8. The summed E-state index contributed by atoms with van der Waals surface area (Å²) >= 11 is 1.54. The molecule has 2 fully saturated rings. The number of piperazine rings is 1. The van der Waals surface area contributed by atoms with Gasteiger partial charge in [0, 0.05) is 26.2 Å². The number of hydrogen-bond acceptors (Lipinski definition) is 5. The van der Waals surface area contributed by atoms with Gasteiger partial charge < -0.3 is 9.64 Å². The molecule has 21 heavy (non-hydrogen) atoms. The van der Waals surface area contributed by atoms with Crippen molar-refractivity contribution in [2.45, 2.75) is 6.04 Å². The van der Waals surface area contributed by atoms with E-state index in [9.17, 15) is 4.79 Å². The molecule has 2 aliphatic rings. The van der Waals surface area contributed by atoms with E-state index in [1.165, 1.54) is 11.3 Å². The van der Waals surface area contributed by atoms with Gasteiger partial charge in [0.25, 0.3) is 5.91 Å². The monoisotopic (exact) mass is 303 g/mol. The lowest BCUT2D eigenvalue weighted by molar-refractivity contribution is -0.0394. The second kappa shape index (κ2) is 5.36. The van der Waals surface area contributed by atoms with Gasteiger partial charge in [0.05, 0.1) is 40.5 Å². The molecular formula is C15H17N3O2S. The van der Waals surface area contributed by atoms with Crippen molar-refractivity contribution in [3.8, 4) is 0 Å². The lowest BCUT2D eigenvalue weighted by Crippen LogP contribution is -2.59. The predicted octanol–water partition coefficient (Wildman–Crippen LogP) is 1.45. The summed E-state index contributed by atoms with van der Waals surface area (Å²) in [5.41, 5.74) is 3.49. The Labute approximate surface area is 127 Å². The summed E-state index contributed by atoms with van der Waals surface area (Å²) in [6.45, 7) is 5.02. The third-order valence-corrected chi connectivity index (χ3v) is 5.19. The summed E-state index contributed by atoms with van der Waals surface area (Å²) in [7, 11) is 0. The largest absolute Gasteiger partial charge is 0.378 e. The zero-order chi connectivity index (χ0) is 14.2. The summed E-state index contributed by atoms with van der Waals surface area (Å²) < 4.78 is 6.53. The maximum absolute atomic E-state index is 12.8. The van der Waals surface area contributed by atoms with Crippen molar-refractivity contribution < 1.29 is 9.53 Å². The first kappa shape index (κ1) is 13.2. The van der Waals surface area contributed by atoms with Crippen LogP contribution >= 0.6 is 11.3 Å². The predicted molar refractivity (Wildman–Crippen MR) is 81.7 cm³/mol. The van der Waals surface area contributed by atoms with E-state index in [1.54, 1.807) is 5.51 Å². The highest BCUT2D eigenvalue weighted by atomic mass is 32.1. The van der Waals surface area contributed by atoms with Gasteiger partial charge in [-0.05, 0) is 12.1 Å². The van der Waals surface area contributed by atoms with Crippen molar-refractivity contribution in [2.75, 3.05) is 39.4 Å². The van der Waals surface area contributed by atoms with Gasteiger partial charge in [0.2, 0.25) is 0 Å². The van der Waals surface area contributed by atoms with Crippen LogP contribution in [0.4, 0.5) is 0 Å². The Morgan fingerprint density at radius 3 is 3.24 bits per heavy atom. The average molecular weight is 303 g/mol. The number of rotatable bonds is 1. The van der Waals surface area contributed by atoms with Crippen molar-refractivity contribution in [1.29, 1.82) is 0 Å². The second-order valence-electron chi connectivity index (χ2n) is 5.52. The van der Waals surface area contributed by atoms with Gasteiger partial charge in [0.1, 0.15) is 0 Å². The molecule has 6 heteroatoms. The van der Waals surface area contributed by atoms with Gasteiger partial charge >= 0.3 is 0 Å². The SMILES string of the molecule is O=C(c1cccc2ncsc12)N1CCN2CCOCC2C1. The molecular weight excluding hydrogens is 286 g/mol. The van der Waals surface area contributed by atoms with Crippen LogP contribution in [-0.2, 0) is 4.74 Å². The molecule has 2 aliphatic heterocycles. The van der Waals surface area contributed by atoms with Crippen molar-refractivity contribution in [3.05, 3.63) is 29.3 Å². The van der Waals surface area contributed by atoms with Gasteiger partial charge in [-0.25, -0.2) is 4.98 Å². The molecule has 3 heterocycles. The minimum absolute atomic E-state index is 0.120. The molecule has 110 valence electrons. The van der Waals surface area contributed by atoms with Gasteiger partial charge in [-0.3, -0.25) is 9.69 Å². The Bertz CT molecular complexity index is 672. The first-order chi connectivity index (χ1) is 10.3. The van der Waals surface area contributed by atoms with E-state index in [0.717, 1.165) is 55.2 Å². The molecule has 5 nitrogen and oxygen atoms in total. The number of amides is 1. The number of carbonyl (C=O) groups is 1. The van der Waals surface area contributed by atoms with Gasteiger partial charge in [-0.1, -0.05) is 6.07 Å². The number of fused-ring (bicyclic) bond motifs is 2. The number of morpholine rings is 1. The van der Waals surface area contributed by atoms with Crippen molar-refractivity contribution in [2.24, 2.45) is 0 Å². The van der Waals surface area contributed by atoms with Crippen LogP contribution in [0.1, 0.15) is 10.4 Å². The Kier molecular flexibility index (Phi) is 3.37. The second-order valence-corrected chi connectivity index (χ2v) is 6.38. The number of thiazole rings is 1. The fourth-order valence-corrected chi connectivity index (χ4v) is 3.95. The standard InChI is InChI=1S/C15H17N3O2S/c19-15(12-2-1-3-13-14(12)21-10-16-13)18-5-4-17-6-7-20-9-11(17)8-18/h1-3,10-11H,4-9H2. The number of ether oxygens (including phenoxy) is 1. The van der Waals surface area contributed by atoms with Crippen LogP contribution in [0.25, 0.3) is 10.2 Å². The summed E-state index contributed by atoms with van der Waals surface area (Å²) in [6.07, 6.45) is 0. The molecule has 1 amide bonds. The van der Waals surface area contributed by atoms with E-state index >= 15 is 0 Å². The topological polar surface area (TPSA) is 45.7 Å². The van der Waals surface area contributed by atoms with Crippen molar-refractivity contribution in [1.82, 2.24) is 14.8 Å². The lowest BCUT2D eigenvalue weighted by Gasteiger charge is -2.43. The molecule has 0 N–H and O–H groups in total. The minimum atomic E-state index is 0.120. The van der Waals surface area contributed by atoms with E-state index in [4.69, 9.17) is 4.74 Å². The molecule has 0 spiro atoms. The van der Waals surface area contributed by atoms with E-state index in [2.05, 4.69) is 9.88 Å². The highest BCUT2D eigenvalue weighted by molar-refractivity contribution is 7.17. The summed E-state index contributed by atoms with van der Waals surface area (Å²) in [5, 5.41) is 0. The fourth-order valence-electron chi connectivity index (χ4n) is 3.16. The van der Waals surface area contributed by atoms with Crippen LogP contribution in [0, 0.1) is 0 Å². The molecule has 2 saturated heterocycles. The van der Waals surface area contributed by atoms with Crippen LogP contribution in [0.15, 0.2) is 23.7 Å². The number of hydrogen-bond donors (Lipinski definition) is 0. The van der Waals surface area contributed by atoms with Gasteiger partial charge in [-0.2, -0.15) is 0 Å². The molecule has 0 radical (unpaired) electrons. The molecule has 4 rings (SSSR count). The zero-order valence-electron chi connectivity index (χ0n) is 11.7. The van der Waals surface area contributed by atoms with E-state index in [-0.39, 0.29) is 5.91 Å². The fraction of sp³-hybridized carbons (Fsp3) is 0.467. The third-order valence-electron chi connectivity index (χ3n) is 4.31. The minimum Gasteiger partial charge on any atom is -0.378 e.